The van der Waals surface area contributed by atoms with Crippen molar-refractivity contribution in [2.45, 2.75) is 38.6 Å². The summed E-state index contributed by atoms with van der Waals surface area (Å²) in [6, 6.07) is 6.45. The number of alkyl halides is 3. The lowest BCUT2D eigenvalue weighted by Crippen LogP contribution is -2.49. The fourth-order valence-electron chi connectivity index (χ4n) is 3.93. The van der Waals surface area contributed by atoms with E-state index in [-0.39, 0.29) is 17.9 Å². The molecule has 1 unspecified atom stereocenters. The molecule has 0 saturated carbocycles. The molecule has 36 heavy (non-hydrogen) atoms. The number of nitrogen functional groups attached to an aromatic ring is 1. The molecule has 0 bridgehead atoms. The third kappa shape index (κ3) is 5.73. The minimum Gasteiger partial charge on any atom is -0.493 e. The van der Waals surface area contributed by atoms with Crippen molar-refractivity contribution in [1.29, 1.82) is 0 Å². The number of anilines is 2. The molecular formula is C25H29F3N4O4. The van der Waals surface area contributed by atoms with Crippen molar-refractivity contribution in [1.82, 2.24) is 9.97 Å². The van der Waals surface area contributed by atoms with Gasteiger partial charge in [0.2, 0.25) is 0 Å². The quantitative estimate of drug-likeness (QED) is 0.312. The van der Waals surface area contributed by atoms with Crippen molar-refractivity contribution >= 4 is 22.4 Å². The Bertz CT molecular complexity index is 1250. The number of rotatable bonds is 9. The summed E-state index contributed by atoms with van der Waals surface area (Å²) in [7, 11) is 1.53. The molecule has 1 atom stereocenters. The van der Waals surface area contributed by atoms with E-state index < -0.39 is 17.8 Å². The highest BCUT2D eigenvalue weighted by Gasteiger charge is 2.34. The molecule has 0 spiro atoms. The van der Waals surface area contributed by atoms with Gasteiger partial charge in [0.25, 0.3) is 0 Å². The van der Waals surface area contributed by atoms with Crippen molar-refractivity contribution in [3.63, 3.8) is 0 Å². The van der Waals surface area contributed by atoms with E-state index in [1.807, 2.05) is 6.92 Å². The predicted octanol–water partition coefficient (Wildman–Crippen LogP) is 4.91. The van der Waals surface area contributed by atoms with Crippen LogP contribution >= 0.6 is 0 Å². The molecule has 4 rings (SSSR count). The van der Waals surface area contributed by atoms with Gasteiger partial charge in [-0.25, -0.2) is 9.97 Å². The van der Waals surface area contributed by atoms with Crippen LogP contribution in [0.2, 0.25) is 0 Å². The van der Waals surface area contributed by atoms with Gasteiger partial charge in [-0.3, -0.25) is 0 Å². The Hall–Kier alpha value is -3.31. The Labute approximate surface area is 206 Å². The summed E-state index contributed by atoms with van der Waals surface area (Å²) in [6.45, 7) is 7.19. The summed E-state index contributed by atoms with van der Waals surface area (Å²) < 4.78 is 62.3. The Morgan fingerprint density at radius 2 is 1.86 bits per heavy atom. The van der Waals surface area contributed by atoms with E-state index in [0.29, 0.717) is 59.4 Å². The van der Waals surface area contributed by atoms with Crippen molar-refractivity contribution in [2.75, 3.05) is 44.6 Å². The third-order valence-electron chi connectivity index (χ3n) is 5.86. The first kappa shape index (κ1) is 25.8. The Morgan fingerprint density at radius 3 is 2.50 bits per heavy atom. The molecule has 1 aliphatic rings. The zero-order chi connectivity index (χ0) is 26.1. The lowest BCUT2D eigenvalue weighted by molar-refractivity contribution is -0.201. The van der Waals surface area contributed by atoms with Gasteiger partial charge in [0.1, 0.15) is 23.9 Å². The van der Waals surface area contributed by atoms with Crippen LogP contribution in [-0.4, -0.2) is 49.1 Å². The SMILES string of the molecule is COc1cc2nc(C)nc(NC(C)c3cc(N)cc(C(F)(F)F)c3)c2cc1OCCOC1(C)COC1. The highest BCUT2D eigenvalue weighted by Crippen LogP contribution is 2.37. The predicted molar refractivity (Wildman–Crippen MR) is 129 cm³/mol. The molecule has 0 amide bonds. The van der Waals surface area contributed by atoms with Crippen molar-refractivity contribution in [3.8, 4) is 11.5 Å². The summed E-state index contributed by atoms with van der Waals surface area (Å²) in [5.41, 5.74) is 5.66. The Kier molecular flexibility index (Phi) is 7.14. The molecule has 194 valence electrons. The second-order valence-electron chi connectivity index (χ2n) is 9.03. The third-order valence-corrected chi connectivity index (χ3v) is 5.86. The van der Waals surface area contributed by atoms with Crippen LogP contribution in [0.3, 0.4) is 0 Å². The molecule has 1 saturated heterocycles. The molecule has 1 aromatic heterocycles. The molecule has 2 aromatic carbocycles. The van der Waals surface area contributed by atoms with Gasteiger partial charge < -0.3 is 30.0 Å². The largest absolute Gasteiger partial charge is 0.493 e. The van der Waals surface area contributed by atoms with Gasteiger partial charge in [-0.2, -0.15) is 13.2 Å². The van der Waals surface area contributed by atoms with Gasteiger partial charge in [-0.05, 0) is 50.6 Å². The second-order valence-corrected chi connectivity index (χ2v) is 9.03. The number of halogens is 3. The molecule has 2 heterocycles. The van der Waals surface area contributed by atoms with E-state index in [9.17, 15) is 13.2 Å². The summed E-state index contributed by atoms with van der Waals surface area (Å²) in [6.07, 6.45) is -4.50. The van der Waals surface area contributed by atoms with Gasteiger partial charge in [-0.15, -0.1) is 0 Å². The molecule has 0 radical (unpaired) electrons. The standard InChI is InChI=1S/C25H29F3N4O4/c1-14(16-7-17(25(26,27)28)9-18(29)8-16)30-23-19-10-22(35-5-6-36-24(3)12-34-13-24)21(33-4)11-20(19)31-15(2)32-23/h7-11,14H,5-6,12-13,29H2,1-4H3,(H,30,31,32). The molecule has 11 heteroatoms. The minimum absolute atomic E-state index is 0.0298. The maximum absolute atomic E-state index is 13.3. The van der Waals surface area contributed by atoms with Gasteiger partial charge in [0, 0.05) is 17.1 Å². The molecule has 3 aromatic rings. The highest BCUT2D eigenvalue weighted by molar-refractivity contribution is 5.92. The van der Waals surface area contributed by atoms with Crippen LogP contribution < -0.4 is 20.5 Å². The smallest absolute Gasteiger partial charge is 0.416 e. The van der Waals surface area contributed by atoms with Crippen LogP contribution in [0.15, 0.2) is 30.3 Å². The summed E-state index contributed by atoms with van der Waals surface area (Å²) >= 11 is 0. The maximum atomic E-state index is 13.3. The molecular weight excluding hydrogens is 477 g/mol. The topological polar surface area (TPSA) is 101 Å². The zero-order valence-corrected chi connectivity index (χ0v) is 20.5. The molecule has 1 aliphatic heterocycles. The first-order valence-electron chi connectivity index (χ1n) is 11.4. The Balaban J connectivity index is 1.60. The first-order chi connectivity index (χ1) is 17.0. The maximum Gasteiger partial charge on any atom is 0.416 e. The number of methoxy groups -OCH3 is 1. The monoisotopic (exact) mass is 506 g/mol. The van der Waals surface area contributed by atoms with E-state index in [2.05, 4.69) is 15.3 Å². The van der Waals surface area contributed by atoms with Crippen LogP contribution in [0.4, 0.5) is 24.7 Å². The minimum atomic E-state index is -4.50. The average molecular weight is 507 g/mol. The van der Waals surface area contributed by atoms with Crippen LogP contribution in [0, 0.1) is 6.92 Å². The molecule has 1 fully saturated rings. The number of nitrogens with two attached hydrogens (primary N) is 1. The normalized spacial score (nSPS) is 15.9. The molecule has 0 aliphatic carbocycles. The van der Waals surface area contributed by atoms with Crippen LogP contribution in [0.5, 0.6) is 11.5 Å². The van der Waals surface area contributed by atoms with Crippen LogP contribution in [0.1, 0.15) is 36.8 Å². The van der Waals surface area contributed by atoms with E-state index >= 15 is 0 Å². The number of hydrogen-bond acceptors (Lipinski definition) is 8. The molecule has 8 nitrogen and oxygen atoms in total. The fraction of sp³-hybridized carbons (Fsp3) is 0.440. The summed E-state index contributed by atoms with van der Waals surface area (Å²) in [5.74, 6) is 1.89. The second kappa shape index (κ2) is 9.98. The van der Waals surface area contributed by atoms with Gasteiger partial charge in [-0.1, -0.05) is 0 Å². The van der Waals surface area contributed by atoms with Crippen LogP contribution in [0.25, 0.3) is 10.9 Å². The van der Waals surface area contributed by atoms with Crippen molar-refractivity contribution in [3.05, 3.63) is 47.3 Å². The fourth-order valence-corrected chi connectivity index (χ4v) is 3.93. The zero-order valence-electron chi connectivity index (χ0n) is 20.5. The highest BCUT2D eigenvalue weighted by atomic mass is 19.4. The van der Waals surface area contributed by atoms with Crippen molar-refractivity contribution in [2.24, 2.45) is 0 Å². The van der Waals surface area contributed by atoms with Gasteiger partial charge in [0.05, 0.1) is 44.1 Å². The van der Waals surface area contributed by atoms with Gasteiger partial charge >= 0.3 is 6.18 Å². The number of hydrogen-bond donors (Lipinski definition) is 2. The van der Waals surface area contributed by atoms with E-state index in [1.54, 1.807) is 26.0 Å². The van der Waals surface area contributed by atoms with E-state index in [0.717, 1.165) is 12.1 Å². The number of ether oxygens (including phenoxy) is 4. The number of fused-ring (bicyclic) bond motifs is 1. The average Bonchev–Trinajstić information content (AvgIpc) is 2.79. The number of aromatic nitrogens is 2. The number of aryl methyl sites for hydroxylation is 1. The number of nitrogens with one attached hydrogen (secondary N) is 1. The van der Waals surface area contributed by atoms with Gasteiger partial charge in [0.15, 0.2) is 11.5 Å². The molecule has 3 N–H and O–H groups in total. The number of nitrogens with zero attached hydrogens (tertiary/aromatic N) is 2. The number of benzene rings is 2. The summed E-state index contributed by atoms with van der Waals surface area (Å²) in [5, 5.41) is 3.83. The van der Waals surface area contributed by atoms with E-state index in [4.69, 9.17) is 24.7 Å². The first-order valence-corrected chi connectivity index (χ1v) is 11.4. The van der Waals surface area contributed by atoms with E-state index in [1.165, 1.54) is 13.2 Å². The summed E-state index contributed by atoms with van der Waals surface area (Å²) in [4.78, 5) is 8.97. The Morgan fingerprint density at radius 1 is 1.11 bits per heavy atom. The van der Waals surface area contributed by atoms with Crippen molar-refractivity contribution < 1.29 is 32.1 Å². The lowest BCUT2D eigenvalue weighted by atomic mass is 10.0. The lowest BCUT2D eigenvalue weighted by Gasteiger charge is -2.37. The van der Waals surface area contributed by atoms with Crippen LogP contribution in [-0.2, 0) is 15.7 Å².